The molecule has 0 aliphatic carbocycles. The molecule has 9 heteroatoms. The van der Waals surface area contributed by atoms with Crippen LogP contribution in [-0.2, 0) is 10.0 Å². The van der Waals surface area contributed by atoms with Crippen LogP contribution in [0.1, 0.15) is 43.3 Å². The molecule has 1 atom stereocenters. The van der Waals surface area contributed by atoms with Gasteiger partial charge in [0.05, 0.1) is 4.88 Å². The van der Waals surface area contributed by atoms with Gasteiger partial charge in [0.15, 0.2) is 0 Å². The molecule has 2 rings (SSSR count). The van der Waals surface area contributed by atoms with Gasteiger partial charge in [-0.15, -0.1) is 23.7 Å². The highest BCUT2D eigenvalue weighted by molar-refractivity contribution is 7.91. The third-order valence-electron chi connectivity index (χ3n) is 4.26. The lowest BCUT2D eigenvalue weighted by molar-refractivity contribution is 0.0954. The van der Waals surface area contributed by atoms with Crippen LogP contribution in [0.4, 0.5) is 0 Å². The fourth-order valence-electron chi connectivity index (χ4n) is 2.69. The summed E-state index contributed by atoms with van der Waals surface area (Å²) in [5, 5.41) is 6.05. The number of hydrogen-bond donors (Lipinski definition) is 2. The molecular weight excluding hydrogens is 382 g/mol. The average molecular weight is 410 g/mol. The normalized spacial score (nSPS) is 17.7. The van der Waals surface area contributed by atoms with Gasteiger partial charge in [-0.25, -0.2) is 8.42 Å². The van der Waals surface area contributed by atoms with E-state index in [9.17, 15) is 13.2 Å². The molecule has 1 aliphatic rings. The molecule has 0 aromatic carbocycles. The Morgan fingerprint density at radius 1 is 1.36 bits per heavy atom. The summed E-state index contributed by atoms with van der Waals surface area (Å²) in [6, 6.07) is 3.32. The molecule has 25 heavy (non-hydrogen) atoms. The molecule has 144 valence electrons. The van der Waals surface area contributed by atoms with Crippen LogP contribution in [0.3, 0.4) is 0 Å². The monoisotopic (exact) mass is 409 g/mol. The molecule has 1 aliphatic heterocycles. The van der Waals surface area contributed by atoms with Gasteiger partial charge < -0.3 is 10.6 Å². The molecule has 1 saturated heterocycles. The molecule has 1 aromatic heterocycles. The number of carbonyl (C=O) groups excluding carboxylic acids is 1. The van der Waals surface area contributed by atoms with Crippen LogP contribution in [0.5, 0.6) is 0 Å². The fraction of sp³-hybridized carbons (Fsp3) is 0.688. The molecule has 1 amide bonds. The number of amides is 1. The lowest BCUT2D eigenvalue weighted by Crippen LogP contribution is -2.38. The van der Waals surface area contributed by atoms with E-state index in [0.29, 0.717) is 30.4 Å². The molecule has 0 radical (unpaired) electrons. The van der Waals surface area contributed by atoms with Crippen molar-refractivity contribution in [3.05, 3.63) is 17.0 Å². The zero-order valence-corrected chi connectivity index (χ0v) is 17.4. The van der Waals surface area contributed by atoms with Crippen LogP contribution in [0, 0.1) is 5.92 Å². The standard InChI is InChI=1S/C16H27N3O3S2.ClH/c1-4-17-13(3)11-18-16(20)14-5-6-15(23-14)24(21,22)19-9-7-12(2)8-10-19;/h5-6,12-13,17H,4,7-11H2,1-3H3,(H,18,20);1H/t13-;/m1./s1. The van der Waals surface area contributed by atoms with E-state index in [1.165, 1.54) is 4.31 Å². The summed E-state index contributed by atoms with van der Waals surface area (Å²) in [6.45, 7) is 8.61. The molecule has 0 saturated carbocycles. The summed E-state index contributed by atoms with van der Waals surface area (Å²) in [7, 11) is -3.48. The van der Waals surface area contributed by atoms with Crippen molar-refractivity contribution in [3.63, 3.8) is 0 Å². The maximum absolute atomic E-state index is 12.7. The summed E-state index contributed by atoms with van der Waals surface area (Å²) in [4.78, 5) is 12.6. The molecule has 0 spiro atoms. The Kier molecular flexibility index (Phi) is 8.83. The molecule has 2 heterocycles. The number of halogens is 1. The third kappa shape index (κ3) is 5.92. The maximum atomic E-state index is 12.7. The highest BCUT2D eigenvalue weighted by atomic mass is 35.5. The van der Waals surface area contributed by atoms with E-state index in [4.69, 9.17) is 0 Å². The number of sulfonamides is 1. The van der Waals surface area contributed by atoms with Gasteiger partial charge in [-0.3, -0.25) is 4.79 Å². The number of carbonyl (C=O) groups is 1. The van der Waals surface area contributed by atoms with E-state index in [0.717, 1.165) is 30.7 Å². The van der Waals surface area contributed by atoms with Crippen LogP contribution in [-0.4, -0.2) is 50.9 Å². The summed E-state index contributed by atoms with van der Waals surface area (Å²) < 4.78 is 27.1. The van der Waals surface area contributed by atoms with E-state index in [-0.39, 0.29) is 28.6 Å². The maximum Gasteiger partial charge on any atom is 0.261 e. The first-order chi connectivity index (χ1) is 11.3. The molecule has 1 fully saturated rings. The van der Waals surface area contributed by atoms with Crippen LogP contribution < -0.4 is 10.6 Å². The minimum absolute atomic E-state index is 0. The van der Waals surface area contributed by atoms with E-state index < -0.39 is 10.0 Å². The second kappa shape index (κ2) is 9.87. The van der Waals surface area contributed by atoms with E-state index >= 15 is 0 Å². The summed E-state index contributed by atoms with van der Waals surface area (Å²) in [5.41, 5.74) is 0. The summed E-state index contributed by atoms with van der Waals surface area (Å²) in [5.74, 6) is 0.346. The minimum atomic E-state index is -3.48. The van der Waals surface area contributed by atoms with Gasteiger partial charge in [0.25, 0.3) is 15.9 Å². The van der Waals surface area contributed by atoms with E-state index in [2.05, 4.69) is 17.6 Å². The Labute approximate surface area is 160 Å². The predicted molar refractivity (Wildman–Crippen MR) is 104 cm³/mol. The first kappa shape index (κ1) is 22.4. The number of rotatable bonds is 7. The number of nitrogens with zero attached hydrogens (tertiary/aromatic N) is 1. The lowest BCUT2D eigenvalue weighted by Gasteiger charge is -2.28. The molecule has 0 unspecified atom stereocenters. The second-order valence-electron chi connectivity index (χ2n) is 6.37. The Morgan fingerprint density at radius 2 is 2.00 bits per heavy atom. The van der Waals surface area contributed by atoms with Crippen molar-refractivity contribution in [2.45, 2.75) is 43.9 Å². The van der Waals surface area contributed by atoms with Crippen LogP contribution in [0.2, 0.25) is 0 Å². The summed E-state index contributed by atoms with van der Waals surface area (Å²) >= 11 is 1.05. The second-order valence-corrected chi connectivity index (χ2v) is 9.62. The fourth-order valence-corrected chi connectivity index (χ4v) is 5.53. The molecular formula is C16H28ClN3O3S2. The minimum Gasteiger partial charge on any atom is -0.350 e. The quantitative estimate of drug-likeness (QED) is 0.724. The van der Waals surface area contributed by atoms with E-state index in [1.807, 2.05) is 13.8 Å². The van der Waals surface area contributed by atoms with Crippen LogP contribution >= 0.6 is 23.7 Å². The van der Waals surface area contributed by atoms with Gasteiger partial charge in [-0.2, -0.15) is 4.31 Å². The lowest BCUT2D eigenvalue weighted by atomic mass is 10.0. The summed E-state index contributed by atoms with van der Waals surface area (Å²) in [6.07, 6.45) is 1.78. The number of nitrogens with one attached hydrogen (secondary N) is 2. The van der Waals surface area contributed by atoms with Gasteiger partial charge in [-0.1, -0.05) is 13.8 Å². The average Bonchev–Trinajstić information content (AvgIpc) is 3.04. The van der Waals surface area contributed by atoms with Gasteiger partial charge >= 0.3 is 0 Å². The smallest absolute Gasteiger partial charge is 0.261 e. The number of likely N-dealkylation sites (N-methyl/N-ethyl adjacent to an activating group) is 1. The molecule has 6 nitrogen and oxygen atoms in total. The van der Waals surface area contributed by atoms with Gasteiger partial charge in [-0.05, 0) is 44.4 Å². The molecule has 2 N–H and O–H groups in total. The van der Waals surface area contributed by atoms with Crippen molar-refractivity contribution >= 4 is 39.7 Å². The first-order valence-electron chi connectivity index (χ1n) is 8.46. The SMILES string of the molecule is CCN[C@H](C)CNC(=O)c1ccc(S(=O)(=O)N2CCC(C)CC2)s1.Cl. The van der Waals surface area contributed by atoms with Gasteiger partial charge in [0.1, 0.15) is 4.21 Å². The Bertz CT molecular complexity index is 655. The number of piperidine rings is 1. The van der Waals surface area contributed by atoms with Gasteiger partial charge in [0.2, 0.25) is 0 Å². The van der Waals surface area contributed by atoms with Crippen molar-refractivity contribution in [1.82, 2.24) is 14.9 Å². The first-order valence-corrected chi connectivity index (χ1v) is 10.7. The van der Waals surface area contributed by atoms with Crippen molar-refractivity contribution in [2.75, 3.05) is 26.2 Å². The number of thiophene rings is 1. The van der Waals surface area contributed by atoms with Crippen LogP contribution in [0.25, 0.3) is 0 Å². The van der Waals surface area contributed by atoms with Crippen molar-refractivity contribution < 1.29 is 13.2 Å². The molecule has 1 aromatic rings. The highest BCUT2D eigenvalue weighted by Crippen LogP contribution is 2.28. The Balaban J connectivity index is 0.00000312. The molecule has 0 bridgehead atoms. The predicted octanol–water partition coefficient (Wildman–Crippen LogP) is 2.32. The van der Waals surface area contributed by atoms with Gasteiger partial charge in [0, 0.05) is 25.7 Å². The van der Waals surface area contributed by atoms with Crippen LogP contribution in [0.15, 0.2) is 16.3 Å². The number of hydrogen-bond acceptors (Lipinski definition) is 5. The van der Waals surface area contributed by atoms with Crippen molar-refractivity contribution in [3.8, 4) is 0 Å². The van der Waals surface area contributed by atoms with Crippen molar-refractivity contribution in [2.24, 2.45) is 5.92 Å². The zero-order valence-electron chi connectivity index (χ0n) is 14.9. The van der Waals surface area contributed by atoms with Crippen molar-refractivity contribution in [1.29, 1.82) is 0 Å². The Morgan fingerprint density at radius 3 is 2.60 bits per heavy atom. The van der Waals surface area contributed by atoms with E-state index in [1.54, 1.807) is 12.1 Å². The zero-order chi connectivity index (χ0) is 17.7. The Hall–Kier alpha value is -0.670. The highest BCUT2D eigenvalue weighted by Gasteiger charge is 2.29. The topological polar surface area (TPSA) is 78.5 Å². The third-order valence-corrected chi connectivity index (χ3v) is 7.71. The largest absolute Gasteiger partial charge is 0.350 e.